The first-order valence-corrected chi connectivity index (χ1v) is 45.2. The van der Waals surface area contributed by atoms with Gasteiger partial charge in [-0.1, -0.05) is 255 Å². The molecule has 34 rings (SSSR count). The van der Waals surface area contributed by atoms with E-state index in [9.17, 15) is 0 Å². The highest BCUT2D eigenvalue weighted by Crippen LogP contribution is 2.54. The van der Waals surface area contributed by atoms with Gasteiger partial charge < -0.3 is 39.7 Å². The number of rotatable bonds is 2. The van der Waals surface area contributed by atoms with E-state index < -0.39 is 0 Å². The molecule has 0 bridgehead atoms. The van der Waals surface area contributed by atoms with E-state index >= 15 is 0 Å². The molecule has 12 heterocycles. The van der Waals surface area contributed by atoms with Crippen LogP contribution in [0.1, 0.15) is 5.56 Å². The zero-order chi connectivity index (χ0) is 85.5. The van der Waals surface area contributed by atoms with Crippen LogP contribution in [0.3, 0.4) is 0 Å². The smallest absolute Gasteiger partial charge is 0.160 e. The second-order valence-corrected chi connectivity index (χ2v) is 36.2. The fourth-order valence-electron chi connectivity index (χ4n) is 23.9. The SMILES string of the molecule is Cc1cc2c3ccc4c5ccccc5oc4c3n3c2c(c1)c1ccc2c4ccccc4oc2c13.c1ccc2c(c1)ccc1cc(-c3cc4c5ccc6c7ccccc7oc6c5n5c4c(c3)c3ccc4c6ccccc6oc4c35)ccc12.c1ccc2c(c1)oc1c2ccc2c3cc(-c4ccc5c6ccccc6c6ccccc6c5c4)cc4c5ccc6c7ccccc7oc6c5n(c34)c21. The fourth-order valence-corrected chi connectivity index (χ4v) is 23.9. The van der Waals surface area contributed by atoms with Gasteiger partial charge in [-0.05, 0) is 210 Å². The van der Waals surface area contributed by atoms with Gasteiger partial charge in [0.15, 0.2) is 33.5 Å². The highest BCUT2D eigenvalue weighted by atomic mass is 16.4. The summed E-state index contributed by atoms with van der Waals surface area (Å²) >= 11 is 0. The van der Waals surface area contributed by atoms with E-state index in [-0.39, 0.29) is 0 Å². The first-order chi connectivity index (χ1) is 65.4. The van der Waals surface area contributed by atoms with Crippen molar-refractivity contribution in [1.29, 1.82) is 0 Å². The van der Waals surface area contributed by atoms with Crippen molar-refractivity contribution in [3.05, 3.63) is 382 Å². The summed E-state index contributed by atoms with van der Waals surface area (Å²) in [5.74, 6) is 0. The fraction of sp³-hybridized carbons (Fsp3) is 0.00813. The summed E-state index contributed by atoms with van der Waals surface area (Å²) in [7, 11) is 0. The van der Waals surface area contributed by atoms with Crippen LogP contribution >= 0.6 is 0 Å². The Hall–Kier alpha value is -17.7. The van der Waals surface area contributed by atoms with Crippen molar-refractivity contribution in [2.24, 2.45) is 0 Å². The van der Waals surface area contributed by atoms with Crippen LogP contribution in [-0.2, 0) is 0 Å². The molecular formula is C123H65N3O6. The number of aromatic nitrogens is 3. The molecule has 12 aromatic heterocycles. The molecule has 9 nitrogen and oxygen atoms in total. The Bertz CT molecular complexity index is 10700. The van der Waals surface area contributed by atoms with Crippen LogP contribution in [-0.4, -0.2) is 13.2 Å². The van der Waals surface area contributed by atoms with Crippen molar-refractivity contribution in [3.63, 3.8) is 0 Å². The van der Waals surface area contributed by atoms with Crippen LogP contribution in [0.25, 0.3) is 322 Å². The minimum atomic E-state index is 0.898. The molecule has 0 atom stereocenters. The van der Waals surface area contributed by atoms with E-state index in [2.05, 4.69) is 360 Å². The molecule has 0 N–H and O–H groups in total. The number of nitrogens with zero attached hydrogens (tertiary/aromatic N) is 3. The predicted molar refractivity (Wildman–Crippen MR) is 550 cm³/mol. The largest absolute Gasteiger partial charge is 0.454 e. The lowest BCUT2D eigenvalue weighted by atomic mass is 9.91. The Balaban J connectivity index is 0.0000000933. The van der Waals surface area contributed by atoms with Gasteiger partial charge in [0, 0.05) is 129 Å². The minimum absolute atomic E-state index is 0.898. The highest BCUT2D eigenvalue weighted by Gasteiger charge is 2.31. The van der Waals surface area contributed by atoms with E-state index in [4.69, 9.17) is 26.5 Å². The average molecular weight is 1680 g/mol. The van der Waals surface area contributed by atoms with E-state index in [0.717, 1.165) is 165 Å². The Labute approximate surface area is 745 Å². The number of para-hydroxylation sites is 6. The van der Waals surface area contributed by atoms with E-state index in [0.29, 0.717) is 0 Å². The molecule has 0 amide bonds. The van der Waals surface area contributed by atoms with Gasteiger partial charge in [-0.3, -0.25) is 0 Å². The van der Waals surface area contributed by atoms with Crippen LogP contribution in [0.2, 0.25) is 0 Å². The highest BCUT2D eigenvalue weighted by molar-refractivity contribution is 6.37. The number of hydrogen-bond acceptors (Lipinski definition) is 6. The van der Waals surface area contributed by atoms with Crippen LogP contribution in [0.5, 0.6) is 0 Å². The van der Waals surface area contributed by atoms with Crippen LogP contribution < -0.4 is 0 Å². The van der Waals surface area contributed by atoms with Gasteiger partial charge in [-0.2, -0.15) is 0 Å². The third-order valence-corrected chi connectivity index (χ3v) is 29.5. The van der Waals surface area contributed by atoms with Gasteiger partial charge in [0.2, 0.25) is 0 Å². The first-order valence-electron chi connectivity index (χ1n) is 45.2. The van der Waals surface area contributed by atoms with E-state index in [1.165, 1.54) is 163 Å². The first kappa shape index (κ1) is 69.5. The van der Waals surface area contributed by atoms with Crippen LogP contribution in [0, 0.1) is 6.92 Å². The lowest BCUT2D eigenvalue weighted by Gasteiger charge is -2.12. The van der Waals surface area contributed by atoms with E-state index in [1.807, 2.05) is 36.4 Å². The molecule has 0 fully saturated rings. The second kappa shape index (κ2) is 25.0. The zero-order valence-electron chi connectivity index (χ0n) is 70.6. The molecule has 0 radical (unpaired) electrons. The number of aryl methyl sites for hydroxylation is 1. The Morgan fingerprint density at radius 2 is 0.348 bits per heavy atom. The van der Waals surface area contributed by atoms with E-state index in [1.54, 1.807) is 0 Å². The minimum Gasteiger partial charge on any atom is -0.454 e. The maximum absolute atomic E-state index is 6.73. The Morgan fingerprint density at radius 1 is 0.136 bits per heavy atom. The standard InChI is InChI=1S/C48H25NO2.C44H23NO2.C31H17NO2/c1-2-11-30-28(9-1)29-10-3-4-12-31(29)39-23-26(17-18-32(30)39)27-24-40-35-19-21-37-33-13-5-7-15-42(33)50-47(37)45(35)49-44(40)41(25-27)36-20-22-38-34-14-6-8-16-43(34)51-48(38)46(36)49;1-2-8-28-24(7-1)13-14-26-21-25(15-16-29(26)28)27-22-36-32-17-19-34-30-9-3-5-11-38(30)46-43(34)41(32)45-40(36)37(23-27)33-18-20-35-31-10-4-6-12-39(31)47-44(35)42(33)45;1-16-14-23-19-10-12-21-17-6-2-4-8-25(17)33-30(21)28(19)32-27(23)24(15-16)20-11-13-22-18-7-3-5-9-26(18)34-31(22)29(20)32/h1-25H;1-23H;2-15H,1H3. The van der Waals surface area contributed by atoms with Crippen molar-refractivity contribution in [2.45, 2.75) is 6.92 Å². The predicted octanol–water partition coefficient (Wildman–Crippen LogP) is 35.3. The second-order valence-electron chi connectivity index (χ2n) is 36.2. The van der Waals surface area contributed by atoms with Crippen molar-refractivity contribution >= 4 is 300 Å². The molecule has 0 saturated heterocycles. The number of fused-ring (bicyclic) bond motifs is 51. The van der Waals surface area contributed by atoms with Crippen LogP contribution in [0.15, 0.2) is 403 Å². The quantitative estimate of drug-likeness (QED) is 0.160. The Kier molecular flexibility index (Phi) is 13.2. The van der Waals surface area contributed by atoms with Crippen molar-refractivity contribution in [3.8, 4) is 22.3 Å². The summed E-state index contributed by atoms with van der Waals surface area (Å²) in [4.78, 5) is 0. The lowest BCUT2D eigenvalue weighted by molar-refractivity contribution is 0.669. The van der Waals surface area contributed by atoms with Gasteiger partial charge in [0.25, 0.3) is 0 Å². The van der Waals surface area contributed by atoms with Gasteiger partial charge in [-0.25, -0.2) is 0 Å². The maximum Gasteiger partial charge on any atom is 0.160 e. The molecule has 22 aromatic carbocycles. The summed E-state index contributed by atoms with van der Waals surface area (Å²) in [6.07, 6.45) is 0. The van der Waals surface area contributed by atoms with Crippen molar-refractivity contribution in [2.75, 3.05) is 0 Å². The molecule has 0 unspecified atom stereocenters. The average Bonchev–Trinajstić information content (AvgIpc) is 1.52. The molecule has 34 aromatic rings. The molecule has 0 aliphatic carbocycles. The summed E-state index contributed by atoms with van der Waals surface area (Å²) < 4.78 is 47.1. The molecule has 0 saturated carbocycles. The zero-order valence-corrected chi connectivity index (χ0v) is 70.6. The summed E-state index contributed by atoms with van der Waals surface area (Å²) in [6, 6.07) is 136. The van der Waals surface area contributed by atoms with Gasteiger partial charge in [0.1, 0.15) is 33.5 Å². The number of furan rings is 6. The summed E-state index contributed by atoms with van der Waals surface area (Å²) in [6.45, 7) is 2.18. The molecule has 0 aliphatic heterocycles. The molecule has 608 valence electrons. The lowest BCUT2D eigenvalue weighted by Crippen LogP contribution is -1.85. The maximum atomic E-state index is 6.73. The third-order valence-electron chi connectivity index (χ3n) is 29.5. The van der Waals surface area contributed by atoms with Crippen molar-refractivity contribution < 1.29 is 26.5 Å². The van der Waals surface area contributed by atoms with Crippen LogP contribution in [0.4, 0.5) is 0 Å². The van der Waals surface area contributed by atoms with Gasteiger partial charge in [0.05, 0.1) is 49.7 Å². The van der Waals surface area contributed by atoms with Crippen molar-refractivity contribution in [1.82, 2.24) is 13.2 Å². The monoisotopic (exact) mass is 1680 g/mol. The molecule has 0 spiro atoms. The topological polar surface area (TPSA) is 92.1 Å². The Morgan fingerprint density at radius 3 is 0.667 bits per heavy atom. The molecular weight excluding hydrogens is 1620 g/mol. The number of hydrogen-bond donors (Lipinski definition) is 0. The van der Waals surface area contributed by atoms with Gasteiger partial charge in [-0.15, -0.1) is 0 Å². The molecule has 0 aliphatic rings. The normalized spacial score (nSPS) is 12.7. The molecule has 9 heteroatoms. The summed E-state index contributed by atoms with van der Waals surface area (Å²) in [5.41, 5.74) is 27.2. The van der Waals surface area contributed by atoms with Gasteiger partial charge >= 0.3 is 0 Å². The number of benzene rings is 22. The third kappa shape index (κ3) is 8.96. The molecule has 132 heavy (non-hydrogen) atoms. The summed E-state index contributed by atoms with van der Waals surface area (Å²) in [5, 5.41) is 40.9.